The molecule has 0 atom stereocenters. The van der Waals surface area contributed by atoms with Gasteiger partial charge in [-0.1, -0.05) is 34.3 Å². The highest BCUT2D eigenvalue weighted by molar-refractivity contribution is 5.94. The summed E-state index contributed by atoms with van der Waals surface area (Å²) in [6.07, 6.45) is 2.59. The molecular formula is C12H22O. The van der Waals surface area contributed by atoms with Crippen LogP contribution in [0.1, 0.15) is 47.0 Å². The van der Waals surface area contributed by atoms with Crippen molar-refractivity contribution in [3.63, 3.8) is 0 Å². The lowest BCUT2D eigenvalue weighted by atomic mass is 9.96. The molecule has 0 fully saturated rings. The summed E-state index contributed by atoms with van der Waals surface area (Å²) in [6, 6.07) is 0. The van der Waals surface area contributed by atoms with Crippen LogP contribution < -0.4 is 0 Å². The fourth-order valence-corrected chi connectivity index (χ4v) is 1.12. The topological polar surface area (TPSA) is 17.1 Å². The Hall–Kier alpha value is -0.590. The van der Waals surface area contributed by atoms with E-state index in [0.29, 0.717) is 18.3 Å². The Morgan fingerprint density at radius 2 is 1.69 bits per heavy atom. The first-order valence-electron chi connectivity index (χ1n) is 5.14. The van der Waals surface area contributed by atoms with E-state index in [0.717, 1.165) is 18.4 Å². The Kier molecular flexibility index (Phi) is 5.68. The van der Waals surface area contributed by atoms with Crippen molar-refractivity contribution >= 4 is 5.78 Å². The van der Waals surface area contributed by atoms with Gasteiger partial charge >= 0.3 is 0 Å². The SMILES string of the molecule is C=C(CCC(C)C)C(=O)CC(C)C. The summed E-state index contributed by atoms with van der Waals surface area (Å²) < 4.78 is 0. The Labute approximate surface area is 82.2 Å². The Morgan fingerprint density at radius 1 is 1.15 bits per heavy atom. The van der Waals surface area contributed by atoms with Gasteiger partial charge in [0, 0.05) is 6.42 Å². The lowest BCUT2D eigenvalue weighted by molar-refractivity contribution is -0.116. The molecule has 0 aliphatic rings. The van der Waals surface area contributed by atoms with Gasteiger partial charge in [-0.3, -0.25) is 4.79 Å². The zero-order valence-corrected chi connectivity index (χ0v) is 9.39. The summed E-state index contributed by atoms with van der Waals surface area (Å²) in [7, 11) is 0. The molecule has 0 rings (SSSR count). The fraction of sp³-hybridized carbons (Fsp3) is 0.750. The summed E-state index contributed by atoms with van der Waals surface area (Å²) in [5.74, 6) is 1.35. The van der Waals surface area contributed by atoms with Crippen LogP contribution in [-0.4, -0.2) is 5.78 Å². The minimum Gasteiger partial charge on any atom is -0.295 e. The van der Waals surface area contributed by atoms with Gasteiger partial charge in [0.25, 0.3) is 0 Å². The third-order valence-corrected chi connectivity index (χ3v) is 2.01. The summed E-state index contributed by atoms with van der Waals surface area (Å²) >= 11 is 0. The highest BCUT2D eigenvalue weighted by atomic mass is 16.1. The van der Waals surface area contributed by atoms with Crippen LogP contribution in [0, 0.1) is 11.8 Å². The molecule has 76 valence electrons. The molecule has 0 saturated carbocycles. The average molecular weight is 182 g/mol. The van der Waals surface area contributed by atoms with Gasteiger partial charge in [0.1, 0.15) is 0 Å². The molecule has 0 radical (unpaired) electrons. The van der Waals surface area contributed by atoms with Crippen molar-refractivity contribution in [1.29, 1.82) is 0 Å². The molecule has 0 bridgehead atoms. The quantitative estimate of drug-likeness (QED) is 0.574. The van der Waals surface area contributed by atoms with E-state index < -0.39 is 0 Å². The Balaban J connectivity index is 3.77. The van der Waals surface area contributed by atoms with Crippen molar-refractivity contribution in [3.05, 3.63) is 12.2 Å². The fourth-order valence-electron chi connectivity index (χ4n) is 1.12. The van der Waals surface area contributed by atoms with Gasteiger partial charge in [-0.2, -0.15) is 0 Å². The Bertz CT molecular complexity index is 178. The van der Waals surface area contributed by atoms with Gasteiger partial charge in [-0.25, -0.2) is 0 Å². The van der Waals surface area contributed by atoms with Crippen LogP contribution in [0.2, 0.25) is 0 Å². The number of ketones is 1. The molecule has 0 spiro atoms. The molecule has 0 amide bonds. The number of carbonyl (C=O) groups excluding carboxylic acids is 1. The number of rotatable bonds is 6. The first kappa shape index (κ1) is 12.4. The molecule has 0 aromatic heterocycles. The maximum atomic E-state index is 11.5. The first-order chi connectivity index (χ1) is 5.93. The van der Waals surface area contributed by atoms with Crippen LogP contribution in [-0.2, 0) is 4.79 Å². The number of hydrogen-bond acceptors (Lipinski definition) is 1. The number of carbonyl (C=O) groups is 1. The van der Waals surface area contributed by atoms with E-state index in [1.165, 1.54) is 0 Å². The van der Waals surface area contributed by atoms with E-state index in [9.17, 15) is 4.79 Å². The standard InChI is InChI=1S/C12H22O/c1-9(2)6-7-11(5)12(13)8-10(3)4/h9-10H,5-8H2,1-4H3. The van der Waals surface area contributed by atoms with Crippen LogP contribution in [0.3, 0.4) is 0 Å². The predicted octanol–water partition coefficient (Wildman–Crippen LogP) is 3.59. The zero-order chi connectivity index (χ0) is 10.4. The second kappa shape index (κ2) is 5.95. The molecule has 0 heterocycles. The van der Waals surface area contributed by atoms with Crippen LogP contribution >= 0.6 is 0 Å². The van der Waals surface area contributed by atoms with E-state index in [1.54, 1.807) is 0 Å². The summed E-state index contributed by atoms with van der Waals surface area (Å²) in [5.41, 5.74) is 0.808. The van der Waals surface area contributed by atoms with Crippen molar-refractivity contribution in [2.24, 2.45) is 11.8 Å². The van der Waals surface area contributed by atoms with Gasteiger partial charge in [-0.05, 0) is 30.3 Å². The molecule has 0 aromatic carbocycles. The van der Waals surface area contributed by atoms with E-state index in [-0.39, 0.29) is 5.78 Å². The number of hydrogen-bond donors (Lipinski definition) is 0. The van der Waals surface area contributed by atoms with Gasteiger partial charge < -0.3 is 0 Å². The van der Waals surface area contributed by atoms with Crippen molar-refractivity contribution in [2.75, 3.05) is 0 Å². The summed E-state index contributed by atoms with van der Waals surface area (Å²) in [4.78, 5) is 11.5. The second-order valence-electron chi connectivity index (χ2n) is 4.56. The molecule has 0 unspecified atom stereocenters. The van der Waals surface area contributed by atoms with E-state index in [2.05, 4.69) is 34.3 Å². The highest BCUT2D eigenvalue weighted by Crippen LogP contribution is 2.14. The van der Waals surface area contributed by atoms with Crippen molar-refractivity contribution in [1.82, 2.24) is 0 Å². The lowest BCUT2D eigenvalue weighted by Crippen LogP contribution is -2.06. The first-order valence-corrected chi connectivity index (χ1v) is 5.14. The van der Waals surface area contributed by atoms with Gasteiger partial charge in [0.2, 0.25) is 0 Å². The number of allylic oxidation sites excluding steroid dienone is 1. The summed E-state index contributed by atoms with van der Waals surface area (Å²) in [5, 5.41) is 0. The van der Waals surface area contributed by atoms with Crippen LogP contribution in [0.25, 0.3) is 0 Å². The van der Waals surface area contributed by atoms with E-state index in [4.69, 9.17) is 0 Å². The van der Waals surface area contributed by atoms with E-state index in [1.807, 2.05) is 0 Å². The Morgan fingerprint density at radius 3 is 2.08 bits per heavy atom. The van der Waals surface area contributed by atoms with Crippen LogP contribution in [0.4, 0.5) is 0 Å². The lowest BCUT2D eigenvalue weighted by Gasteiger charge is -2.08. The molecule has 0 aliphatic heterocycles. The molecule has 13 heavy (non-hydrogen) atoms. The zero-order valence-electron chi connectivity index (χ0n) is 9.39. The molecule has 1 heteroatoms. The van der Waals surface area contributed by atoms with Gasteiger partial charge in [-0.15, -0.1) is 0 Å². The minimum absolute atomic E-state index is 0.246. The van der Waals surface area contributed by atoms with Crippen LogP contribution in [0.5, 0.6) is 0 Å². The monoisotopic (exact) mass is 182 g/mol. The highest BCUT2D eigenvalue weighted by Gasteiger charge is 2.09. The minimum atomic E-state index is 0.246. The summed E-state index contributed by atoms with van der Waals surface area (Å²) in [6.45, 7) is 12.3. The van der Waals surface area contributed by atoms with Crippen LogP contribution in [0.15, 0.2) is 12.2 Å². The van der Waals surface area contributed by atoms with Gasteiger partial charge in [0.05, 0.1) is 0 Å². The molecule has 0 N–H and O–H groups in total. The maximum absolute atomic E-state index is 11.5. The third kappa shape index (κ3) is 6.56. The second-order valence-corrected chi connectivity index (χ2v) is 4.56. The molecule has 0 aliphatic carbocycles. The largest absolute Gasteiger partial charge is 0.295 e. The predicted molar refractivity (Wildman–Crippen MR) is 57.7 cm³/mol. The maximum Gasteiger partial charge on any atom is 0.158 e. The molecule has 1 nitrogen and oxygen atoms in total. The van der Waals surface area contributed by atoms with Crippen molar-refractivity contribution < 1.29 is 4.79 Å². The smallest absolute Gasteiger partial charge is 0.158 e. The molecule has 0 aromatic rings. The number of Topliss-reactive ketones (excluding diaryl/α,β-unsaturated/α-hetero) is 1. The van der Waals surface area contributed by atoms with E-state index >= 15 is 0 Å². The normalized spacial score (nSPS) is 10.9. The van der Waals surface area contributed by atoms with Gasteiger partial charge in [0.15, 0.2) is 5.78 Å². The van der Waals surface area contributed by atoms with Crippen molar-refractivity contribution in [2.45, 2.75) is 47.0 Å². The van der Waals surface area contributed by atoms with Crippen molar-refractivity contribution in [3.8, 4) is 0 Å². The third-order valence-electron chi connectivity index (χ3n) is 2.01. The average Bonchev–Trinajstić information content (AvgIpc) is 1.98. The molecule has 0 saturated heterocycles. The molecular weight excluding hydrogens is 160 g/mol.